The van der Waals surface area contributed by atoms with Gasteiger partial charge in [-0.3, -0.25) is 9.59 Å². The second-order valence-corrected chi connectivity index (χ2v) is 3.75. The van der Waals surface area contributed by atoms with Crippen molar-refractivity contribution >= 4 is 11.8 Å². The number of likely N-dealkylation sites (N-methyl/N-ethyl adjacent to an activating group) is 1. The maximum atomic E-state index is 11.6. The summed E-state index contributed by atoms with van der Waals surface area (Å²) in [5, 5.41) is 8.26. The van der Waals surface area contributed by atoms with Gasteiger partial charge in [0.1, 0.15) is 0 Å². The zero-order chi connectivity index (χ0) is 11.1. The van der Waals surface area contributed by atoms with Gasteiger partial charge in [-0.1, -0.05) is 12.8 Å². The molecular weight excluding hydrogens is 194 g/mol. The quantitative estimate of drug-likeness (QED) is 0.585. The van der Waals surface area contributed by atoms with Gasteiger partial charge >= 0.3 is 0 Å². The third-order valence-electron chi connectivity index (χ3n) is 2.58. The lowest BCUT2D eigenvalue weighted by Gasteiger charge is -2.14. The standard InChI is InChI=1S/C10H19N3O2/c1-11-9(14)7-13-10(15)8-5-3-2-4-6-12-8/h8,12H,2-7H2,1H3,(H,11,14)(H,13,15). The highest BCUT2D eigenvalue weighted by molar-refractivity contribution is 5.87. The summed E-state index contributed by atoms with van der Waals surface area (Å²) in [4.78, 5) is 22.5. The molecule has 1 unspecified atom stereocenters. The number of amides is 2. The van der Waals surface area contributed by atoms with Crippen LogP contribution in [-0.4, -0.2) is 38.0 Å². The summed E-state index contributed by atoms with van der Waals surface area (Å²) in [7, 11) is 1.55. The van der Waals surface area contributed by atoms with E-state index in [2.05, 4.69) is 16.0 Å². The summed E-state index contributed by atoms with van der Waals surface area (Å²) in [6, 6.07) is -0.128. The van der Waals surface area contributed by atoms with Gasteiger partial charge in [-0.2, -0.15) is 0 Å². The van der Waals surface area contributed by atoms with Crippen LogP contribution < -0.4 is 16.0 Å². The number of rotatable bonds is 3. The van der Waals surface area contributed by atoms with Crippen LogP contribution in [0.1, 0.15) is 25.7 Å². The molecule has 1 fully saturated rings. The van der Waals surface area contributed by atoms with Crippen molar-refractivity contribution in [3.05, 3.63) is 0 Å². The van der Waals surface area contributed by atoms with Gasteiger partial charge in [0.05, 0.1) is 12.6 Å². The zero-order valence-electron chi connectivity index (χ0n) is 9.14. The number of carbonyl (C=O) groups is 2. The Morgan fingerprint density at radius 2 is 2.13 bits per heavy atom. The van der Waals surface area contributed by atoms with Crippen molar-refractivity contribution in [3.63, 3.8) is 0 Å². The lowest BCUT2D eigenvalue weighted by molar-refractivity contribution is -0.127. The van der Waals surface area contributed by atoms with Gasteiger partial charge in [-0.15, -0.1) is 0 Å². The second kappa shape index (κ2) is 6.40. The molecule has 5 heteroatoms. The molecular formula is C10H19N3O2. The molecule has 0 aromatic rings. The minimum absolute atomic E-state index is 0.0630. The molecule has 15 heavy (non-hydrogen) atoms. The first-order valence-corrected chi connectivity index (χ1v) is 5.45. The summed E-state index contributed by atoms with van der Waals surface area (Å²) < 4.78 is 0. The van der Waals surface area contributed by atoms with Crippen LogP contribution in [0.5, 0.6) is 0 Å². The topological polar surface area (TPSA) is 70.2 Å². The van der Waals surface area contributed by atoms with Crippen LogP contribution in [0.25, 0.3) is 0 Å². The fourth-order valence-electron chi connectivity index (χ4n) is 1.63. The molecule has 0 aromatic carbocycles. The van der Waals surface area contributed by atoms with Crippen LogP contribution in [-0.2, 0) is 9.59 Å². The van der Waals surface area contributed by atoms with Crippen LogP contribution in [0.3, 0.4) is 0 Å². The predicted octanol–water partition coefficient (Wildman–Crippen LogP) is -0.619. The van der Waals surface area contributed by atoms with Crippen LogP contribution in [0.15, 0.2) is 0 Å². The Balaban J connectivity index is 2.28. The predicted molar refractivity (Wildman–Crippen MR) is 57.3 cm³/mol. The van der Waals surface area contributed by atoms with Gasteiger partial charge in [0.15, 0.2) is 0 Å². The van der Waals surface area contributed by atoms with Gasteiger partial charge in [0.25, 0.3) is 0 Å². The molecule has 0 aromatic heterocycles. The molecule has 2 amide bonds. The Labute approximate surface area is 90.0 Å². The summed E-state index contributed by atoms with van der Waals surface area (Å²) >= 11 is 0. The van der Waals surface area contributed by atoms with Gasteiger partial charge in [0, 0.05) is 7.05 Å². The van der Waals surface area contributed by atoms with Crippen molar-refractivity contribution in [3.8, 4) is 0 Å². The van der Waals surface area contributed by atoms with Crippen LogP contribution in [0.4, 0.5) is 0 Å². The lowest BCUT2D eigenvalue weighted by atomic mass is 10.1. The van der Waals surface area contributed by atoms with Gasteiger partial charge < -0.3 is 16.0 Å². The minimum Gasteiger partial charge on any atom is -0.358 e. The monoisotopic (exact) mass is 213 g/mol. The highest BCUT2D eigenvalue weighted by Gasteiger charge is 2.19. The van der Waals surface area contributed by atoms with Crippen molar-refractivity contribution in [2.24, 2.45) is 0 Å². The van der Waals surface area contributed by atoms with E-state index in [0.29, 0.717) is 0 Å². The fraction of sp³-hybridized carbons (Fsp3) is 0.800. The molecule has 0 spiro atoms. The Hall–Kier alpha value is -1.10. The Morgan fingerprint density at radius 3 is 2.87 bits per heavy atom. The summed E-state index contributed by atoms with van der Waals surface area (Å²) in [5.74, 6) is -0.238. The molecule has 1 aliphatic rings. The van der Waals surface area contributed by atoms with Gasteiger partial charge in [-0.25, -0.2) is 0 Å². The van der Waals surface area contributed by atoms with E-state index in [1.54, 1.807) is 7.05 Å². The van der Waals surface area contributed by atoms with E-state index in [1.807, 2.05) is 0 Å². The minimum atomic E-state index is -0.169. The molecule has 0 aliphatic carbocycles. The van der Waals surface area contributed by atoms with Gasteiger partial charge in [0.2, 0.25) is 11.8 Å². The van der Waals surface area contributed by atoms with E-state index in [9.17, 15) is 9.59 Å². The molecule has 3 N–H and O–H groups in total. The van der Waals surface area contributed by atoms with Crippen LogP contribution in [0.2, 0.25) is 0 Å². The Morgan fingerprint density at radius 1 is 1.33 bits per heavy atom. The van der Waals surface area contributed by atoms with E-state index in [4.69, 9.17) is 0 Å². The number of hydrogen-bond donors (Lipinski definition) is 3. The Bertz CT molecular complexity index is 223. The normalized spacial score (nSPS) is 21.5. The third-order valence-corrected chi connectivity index (χ3v) is 2.58. The fourth-order valence-corrected chi connectivity index (χ4v) is 1.63. The third kappa shape index (κ3) is 4.29. The van der Waals surface area contributed by atoms with E-state index in [-0.39, 0.29) is 24.4 Å². The molecule has 1 rings (SSSR count). The highest BCUT2D eigenvalue weighted by Crippen LogP contribution is 2.08. The van der Waals surface area contributed by atoms with E-state index >= 15 is 0 Å². The maximum Gasteiger partial charge on any atom is 0.239 e. The van der Waals surface area contributed by atoms with Crippen molar-refractivity contribution in [1.29, 1.82) is 0 Å². The van der Waals surface area contributed by atoms with Crippen molar-refractivity contribution in [2.45, 2.75) is 31.7 Å². The van der Waals surface area contributed by atoms with E-state index in [0.717, 1.165) is 25.8 Å². The van der Waals surface area contributed by atoms with Crippen molar-refractivity contribution in [1.82, 2.24) is 16.0 Å². The lowest BCUT2D eigenvalue weighted by Crippen LogP contribution is -2.46. The molecule has 1 saturated heterocycles. The first-order valence-electron chi connectivity index (χ1n) is 5.45. The maximum absolute atomic E-state index is 11.6. The molecule has 1 heterocycles. The van der Waals surface area contributed by atoms with E-state index in [1.165, 1.54) is 6.42 Å². The molecule has 0 bridgehead atoms. The van der Waals surface area contributed by atoms with Crippen molar-refractivity contribution in [2.75, 3.05) is 20.1 Å². The molecule has 1 atom stereocenters. The number of carbonyl (C=O) groups excluding carboxylic acids is 2. The first-order chi connectivity index (χ1) is 7.24. The zero-order valence-corrected chi connectivity index (χ0v) is 9.14. The van der Waals surface area contributed by atoms with Crippen molar-refractivity contribution < 1.29 is 9.59 Å². The summed E-state index contributed by atoms with van der Waals surface area (Å²) in [6.07, 6.45) is 4.23. The average Bonchev–Trinajstić information content (AvgIpc) is 2.53. The molecule has 0 saturated carbocycles. The molecule has 5 nitrogen and oxygen atoms in total. The highest BCUT2D eigenvalue weighted by atomic mass is 16.2. The second-order valence-electron chi connectivity index (χ2n) is 3.75. The number of nitrogens with one attached hydrogen (secondary N) is 3. The SMILES string of the molecule is CNC(=O)CNC(=O)C1CCCCCN1. The molecule has 86 valence electrons. The van der Waals surface area contributed by atoms with E-state index < -0.39 is 0 Å². The van der Waals surface area contributed by atoms with Crippen LogP contribution in [0, 0.1) is 0 Å². The number of hydrogen-bond acceptors (Lipinski definition) is 3. The molecule has 1 aliphatic heterocycles. The first kappa shape index (κ1) is 12.0. The van der Waals surface area contributed by atoms with Gasteiger partial charge in [-0.05, 0) is 19.4 Å². The largest absolute Gasteiger partial charge is 0.358 e. The Kier molecular flexibility index (Phi) is 5.10. The summed E-state index contributed by atoms with van der Waals surface area (Å²) in [6.45, 7) is 0.950. The molecule has 0 radical (unpaired) electrons. The smallest absolute Gasteiger partial charge is 0.239 e. The average molecular weight is 213 g/mol. The summed E-state index contributed by atoms with van der Waals surface area (Å²) in [5.41, 5.74) is 0. The van der Waals surface area contributed by atoms with Crippen LogP contribution >= 0.6 is 0 Å².